The van der Waals surface area contributed by atoms with Crippen molar-refractivity contribution in [2.24, 2.45) is 16.6 Å². The molecule has 21 heavy (non-hydrogen) atoms. The number of nitrogens with two attached hydrogens (primary N) is 1. The van der Waals surface area contributed by atoms with Crippen molar-refractivity contribution < 1.29 is 0 Å². The third kappa shape index (κ3) is 8.21. The molecule has 1 fully saturated rings. The lowest BCUT2D eigenvalue weighted by Crippen LogP contribution is -2.52. The van der Waals surface area contributed by atoms with Gasteiger partial charge in [0.25, 0.3) is 0 Å². The summed E-state index contributed by atoms with van der Waals surface area (Å²) in [5.74, 6) is 1.20. The number of guanidine groups is 1. The van der Waals surface area contributed by atoms with Crippen LogP contribution in [0.4, 0.5) is 0 Å². The Morgan fingerprint density at radius 2 is 1.86 bits per heavy atom. The number of halogens is 1. The highest BCUT2D eigenvalue weighted by molar-refractivity contribution is 14.0. The quantitative estimate of drug-likeness (QED) is 0.289. The molecule has 6 heteroatoms. The Kier molecular flexibility index (Phi) is 11.4. The van der Waals surface area contributed by atoms with E-state index >= 15 is 0 Å². The van der Waals surface area contributed by atoms with Crippen LogP contribution in [0.1, 0.15) is 33.6 Å². The summed E-state index contributed by atoms with van der Waals surface area (Å²) in [4.78, 5) is 9.49. The van der Waals surface area contributed by atoms with Gasteiger partial charge >= 0.3 is 0 Å². The molecule has 1 heterocycles. The Morgan fingerprint density at radius 1 is 1.24 bits per heavy atom. The molecule has 0 bridgehead atoms. The standard InChI is InChI=1S/C15H33N5.HI/c1-5-6-7-17-15(16)18-12-14(13(2)3)20-10-8-19(4)9-11-20;/h13-14H,5-12H2,1-4H3,(H3,16,17,18);1H. The average molecular weight is 411 g/mol. The van der Waals surface area contributed by atoms with Crippen LogP contribution in [-0.4, -0.2) is 68.1 Å². The fourth-order valence-corrected chi connectivity index (χ4v) is 2.54. The third-order valence-corrected chi connectivity index (χ3v) is 4.06. The van der Waals surface area contributed by atoms with Crippen LogP contribution >= 0.6 is 24.0 Å². The fraction of sp³-hybridized carbons (Fsp3) is 0.933. The van der Waals surface area contributed by atoms with Gasteiger partial charge in [-0.25, -0.2) is 0 Å². The van der Waals surface area contributed by atoms with E-state index in [4.69, 9.17) is 5.73 Å². The SMILES string of the molecule is CCCCNC(N)=NCC(C(C)C)N1CCN(C)CC1.I. The Bertz CT molecular complexity index is 288. The molecule has 0 amide bonds. The van der Waals surface area contributed by atoms with Gasteiger partial charge in [0.2, 0.25) is 0 Å². The third-order valence-electron chi connectivity index (χ3n) is 4.06. The predicted octanol–water partition coefficient (Wildman–Crippen LogP) is 1.58. The van der Waals surface area contributed by atoms with Crippen LogP contribution in [0.5, 0.6) is 0 Å². The average Bonchev–Trinajstić information content (AvgIpc) is 2.41. The van der Waals surface area contributed by atoms with Crippen molar-refractivity contribution in [3.63, 3.8) is 0 Å². The summed E-state index contributed by atoms with van der Waals surface area (Å²) in [5, 5.41) is 3.19. The van der Waals surface area contributed by atoms with Gasteiger partial charge in [-0.3, -0.25) is 9.89 Å². The molecule has 0 aromatic rings. The summed E-state index contributed by atoms with van der Waals surface area (Å²) < 4.78 is 0. The molecule has 0 aromatic heterocycles. The summed E-state index contributed by atoms with van der Waals surface area (Å²) in [5.41, 5.74) is 5.93. The zero-order valence-electron chi connectivity index (χ0n) is 14.1. The van der Waals surface area contributed by atoms with Gasteiger partial charge in [-0.05, 0) is 19.4 Å². The number of nitrogens with one attached hydrogen (secondary N) is 1. The Balaban J connectivity index is 0.00000400. The molecular weight excluding hydrogens is 377 g/mol. The van der Waals surface area contributed by atoms with Crippen molar-refractivity contribution in [1.29, 1.82) is 0 Å². The largest absolute Gasteiger partial charge is 0.370 e. The number of hydrogen-bond acceptors (Lipinski definition) is 3. The lowest BCUT2D eigenvalue weighted by molar-refractivity contribution is 0.0925. The molecule has 0 aliphatic carbocycles. The first-order valence-electron chi connectivity index (χ1n) is 8.01. The highest BCUT2D eigenvalue weighted by atomic mass is 127. The van der Waals surface area contributed by atoms with Crippen molar-refractivity contribution in [3.8, 4) is 0 Å². The lowest BCUT2D eigenvalue weighted by Gasteiger charge is -2.39. The smallest absolute Gasteiger partial charge is 0.188 e. The highest BCUT2D eigenvalue weighted by Gasteiger charge is 2.24. The zero-order valence-corrected chi connectivity index (χ0v) is 16.5. The van der Waals surface area contributed by atoms with Crippen LogP contribution in [0.3, 0.4) is 0 Å². The Labute approximate surface area is 147 Å². The van der Waals surface area contributed by atoms with Crippen LogP contribution < -0.4 is 11.1 Å². The minimum absolute atomic E-state index is 0. The maximum absolute atomic E-state index is 5.93. The molecule has 1 saturated heterocycles. The maximum Gasteiger partial charge on any atom is 0.188 e. The Morgan fingerprint density at radius 3 is 2.38 bits per heavy atom. The molecule has 1 atom stereocenters. The molecule has 1 unspecified atom stereocenters. The molecule has 5 nitrogen and oxygen atoms in total. The van der Waals surface area contributed by atoms with Gasteiger partial charge in [0.1, 0.15) is 0 Å². The van der Waals surface area contributed by atoms with E-state index in [1.165, 1.54) is 6.42 Å². The summed E-state index contributed by atoms with van der Waals surface area (Å²) in [6.07, 6.45) is 2.32. The number of piperazine rings is 1. The number of likely N-dealkylation sites (N-methyl/N-ethyl adjacent to an activating group) is 1. The van der Waals surface area contributed by atoms with Gasteiger partial charge in [0, 0.05) is 38.8 Å². The normalized spacial score (nSPS) is 19.4. The van der Waals surface area contributed by atoms with Crippen LogP contribution in [0, 0.1) is 5.92 Å². The van der Waals surface area contributed by atoms with Gasteiger partial charge in [0.15, 0.2) is 5.96 Å². The van der Waals surface area contributed by atoms with Crippen molar-refractivity contribution in [2.45, 2.75) is 39.7 Å². The van der Waals surface area contributed by atoms with Gasteiger partial charge in [-0.2, -0.15) is 0 Å². The fourth-order valence-electron chi connectivity index (χ4n) is 2.54. The van der Waals surface area contributed by atoms with Gasteiger partial charge in [-0.1, -0.05) is 27.2 Å². The maximum atomic E-state index is 5.93. The molecule has 3 N–H and O–H groups in total. The second-order valence-corrected chi connectivity index (χ2v) is 6.16. The Hall–Kier alpha value is -0.0800. The van der Waals surface area contributed by atoms with Crippen LogP contribution in [0.15, 0.2) is 4.99 Å². The van der Waals surface area contributed by atoms with E-state index in [0.29, 0.717) is 17.9 Å². The summed E-state index contributed by atoms with van der Waals surface area (Å²) >= 11 is 0. The summed E-state index contributed by atoms with van der Waals surface area (Å²) in [6.45, 7) is 13.0. The molecule has 0 radical (unpaired) electrons. The minimum Gasteiger partial charge on any atom is -0.370 e. The number of aliphatic imine (C=N–C) groups is 1. The molecule has 0 spiro atoms. The van der Waals surface area contributed by atoms with Gasteiger partial charge < -0.3 is 16.0 Å². The second kappa shape index (κ2) is 11.5. The lowest BCUT2D eigenvalue weighted by atomic mass is 10.0. The van der Waals surface area contributed by atoms with Gasteiger partial charge in [0.05, 0.1) is 6.54 Å². The second-order valence-electron chi connectivity index (χ2n) is 6.16. The van der Waals surface area contributed by atoms with Crippen LogP contribution in [0.25, 0.3) is 0 Å². The monoisotopic (exact) mass is 411 g/mol. The van der Waals surface area contributed by atoms with Crippen molar-refractivity contribution in [3.05, 3.63) is 0 Å². The van der Waals surface area contributed by atoms with E-state index in [0.717, 1.165) is 45.7 Å². The molecular formula is C15H34IN5. The summed E-state index contributed by atoms with van der Waals surface area (Å²) in [7, 11) is 2.19. The van der Waals surface area contributed by atoms with E-state index in [1.807, 2.05) is 0 Å². The van der Waals surface area contributed by atoms with E-state index in [-0.39, 0.29) is 24.0 Å². The first kappa shape index (κ1) is 20.9. The topological polar surface area (TPSA) is 56.9 Å². The van der Waals surface area contributed by atoms with E-state index in [9.17, 15) is 0 Å². The number of rotatable bonds is 7. The molecule has 0 saturated carbocycles. The van der Waals surface area contributed by atoms with E-state index < -0.39 is 0 Å². The molecule has 126 valence electrons. The molecule has 1 aliphatic heterocycles. The summed E-state index contributed by atoms with van der Waals surface area (Å²) in [6, 6.07) is 0.496. The van der Waals surface area contributed by atoms with Crippen LogP contribution in [-0.2, 0) is 0 Å². The van der Waals surface area contributed by atoms with Crippen molar-refractivity contribution >= 4 is 29.9 Å². The van der Waals surface area contributed by atoms with E-state index in [2.05, 4.69) is 47.9 Å². The van der Waals surface area contributed by atoms with Crippen molar-refractivity contribution in [1.82, 2.24) is 15.1 Å². The van der Waals surface area contributed by atoms with Crippen molar-refractivity contribution in [2.75, 3.05) is 46.3 Å². The zero-order chi connectivity index (χ0) is 15.0. The predicted molar refractivity (Wildman–Crippen MR) is 103 cm³/mol. The van der Waals surface area contributed by atoms with E-state index in [1.54, 1.807) is 0 Å². The van der Waals surface area contributed by atoms with Gasteiger partial charge in [-0.15, -0.1) is 24.0 Å². The van der Waals surface area contributed by atoms with Crippen LogP contribution in [0.2, 0.25) is 0 Å². The number of nitrogens with zero attached hydrogens (tertiary/aromatic N) is 3. The molecule has 1 rings (SSSR count). The molecule has 1 aliphatic rings. The minimum atomic E-state index is 0. The highest BCUT2D eigenvalue weighted by Crippen LogP contribution is 2.13. The first-order valence-corrected chi connectivity index (χ1v) is 8.01. The number of hydrogen-bond donors (Lipinski definition) is 2. The molecule has 0 aromatic carbocycles. The first-order chi connectivity index (χ1) is 9.54. The number of unbranched alkanes of at least 4 members (excludes halogenated alkanes) is 1.